The number of anilines is 1. The van der Waals surface area contributed by atoms with Gasteiger partial charge >= 0.3 is 5.97 Å². The van der Waals surface area contributed by atoms with Crippen LogP contribution in [0.1, 0.15) is 16.8 Å². The first-order valence-electron chi connectivity index (χ1n) is 5.98. The Kier molecular flexibility index (Phi) is 5.28. The van der Waals surface area contributed by atoms with Gasteiger partial charge in [0.1, 0.15) is 0 Å². The van der Waals surface area contributed by atoms with Crippen molar-refractivity contribution in [1.82, 2.24) is 4.31 Å². The summed E-state index contributed by atoms with van der Waals surface area (Å²) in [7, 11) is -1.00. The average Bonchev–Trinajstić information content (AvgIpc) is 2.37. The van der Waals surface area contributed by atoms with Crippen molar-refractivity contribution in [3.63, 3.8) is 0 Å². The molecular weight excluding hydrogens is 298 g/mol. The summed E-state index contributed by atoms with van der Waals surface area (Å²) in [5, 5.41) is 11.9. The summed E-state index contributed by atoms with van der Waals surface area (Å²) in [6, 6.07) is 3.72. The van der Waals surface area contributed by atoms with Gasteiger partial charge in [-0.15, -0.1) is 0 Å². The Balaban J connectivity index is 3.14. The summed E-state index contributed by atoms with van der Waals surface area (Å²) in [5.41, 5.74) is 5.02. The topological polar surface area (TPSA) is 130 Å². The van der Waals surface area contributed by atoms with E-state index < -0.39 is 21.9 Å². The van der Waals surface area contributed by atoms with Crippen LogP contribution >= 0.6 is 0 Å². The maximum atomic E-state index is 12.0. The second-order valence-electron chi connectivity index (χ2n) is 4.44. The molecule has 0 aliphatic rings. The van der Waals surface area contributed by atoms with E-state index in [-0.39, 0.29) is 29.1 Å². The molecule has 0 bridgehead atoms. The third kappa shape index (κ3) is 4.17. The Morgan fingerprint density at radius 3 is 2.43 bits per heavy atom. The highest BCUT2D eigenvalue weighted by molar-refractivity contribution is 7.89. The lowest BCUT2D eigenvalue weighted by Gasteiger charge is -2.14. The second-order valence-corrected chi connectivity index (χ2v) is 6.59. The fraction of sp³-hybridized carbons (Fsp3) is 0.333. The number of nitrogens with zero attached hydrogens (tertiary/aromatic N) is 1. The standard InChI is InChI=1S/C12H17N3O5S/c1-15(2)21(19,20)8-3-4-10(9(7-8)12(17)18)14-6-5-11(13)16/h3-4,7,14H,5-6H2,1-2H3,(H2,13,16)(H,17,18). The number of carbonyl (C=O) groups excluding carboxylic acids is 1. The van der Waals surface area contributed by atoms with Gasteiger partial charge in [-0.25, -0.2) is 17.5 Å². The summed E-state index contributed by atoms with van der Waals surface area (Å²) < 4.78 is 24.9. The third-order valence-corrected chi connectivity index (χ3v) is 4.50. The molecule has 1 aromatic rings. The molecule has 1 amide bonds. The Labute approximate surface area is 122 Å². The summed E-state index contributed by atoms with van der Waals surface area (Å²) >= 11 is 0. The van der Waals surface area contributed by atoms with Crippen LogP contribution in [0.4, 0.5) is 5.69 Å². The van der Waals surface area contributed by atoms with Crippen LogP contribution < -0.4 is 11.1 Å². The number of primary amides is 1. The van der Waals surface area contributed by atoms with Gasteiger partial charge in [-0.1, -0.05) is 0 Å². The zero-order valence-electron chi connectivity index (χ0n) is 11.7. The summed E-state index contributed by atoms with van der Waals surface area (Å²) in [4.78, 5) is 21.8. The molecule has 21 heavy (non-hydrogen) atoms. The van der Waals surface area contributed by atoms with E-state index >= 15 is 0 Å². The summed E-state index contributed by atoms with van der Waals surface area (Å²) in [6.07, 6.45) is 0.0385. The van der Waals surface area contributed by atoms with Crippen molar-refractivity contribution in [2.24, 2.45) is 5.73 Å². The first-order chi connectivity index (χ1) is 9.66. The molecule has 116 valence electrons. The molecule has 0 aliphatic carbocycles. The zero-order valence-corrected chi connectivity index (χ0v) is 12.5. The van der Waals surface area contributed by atoms with Crippen LogP contribution in [0.3, 0.4) is 0 Å². The minimum absolute atomic E-state index is 0.0385. The van der Waals surface area contributed by atoms with E-state index in [1.807, 2.05) is 0 Å². The maximum Gasteiger partial charge on any atom is 0.337 e. The predicted octanol–water partition coefficient (Wildman–Crippen LogP) is -0.0776. The average molecular weight is 315 g/mol. The molecule has 0 spiro atoms. The molecule has 1 rings (SSSR count). The highest BCUT2D eigenvalue weighted by Crippen LogP contribution is 2.22. The number of aromatic carboxylic acids is 1. The molecule has 4 N–H and O–H groups in total. The molecule has 8 nitrogen and oxygen atoms in total. The molecule has 0 aliphatic heterocycles. The second kappa shape index (κ2) is 6.55. The molecule has 1 aromatic carbocycles. The summed E-state index contributed by atoms with van der Waals surface area (Å²) in [6.45, 7) is 0.162. The monoisotopic (exact) mass is 315 g/mol. The fourth-order valence-corrected chi connectivity index (χ4v) is 2.47. The van der Waals surface area contributed by atoms with Crippen LogP contribution in [0.15, 0.2) is 23.1 Å². The quantitative estimate of drug-likeness (QED) is 0.645. The van der Waals surface area contributed by atoms with Crippen LogP contribution in [-0.2, 0) is 14.8 Å². The van der Waals surface area contributed by atoms with Crippen LogP contribution in [0.2, 0.25) is 0 Å². The van der Waals surface area contributed by atoms with Gasteiger partial charge in [0, 0.05) is 32.7 Å². The first kappa shape index (κ1) is 16.9. The van der Waals surface area contributed by atoms with Gasteiger partial charge in [0.2, 0.25) is 15.9 Å². The molecule has 9 heteroatoms. The number of carboxylic acids is 1. The molecule has 0 unspecified atom stereocenters. The van der Waals surface area contributed by atoms with Crippen LogP contribution in [-0.4, -0.2) is 50.3 Å². The molecule has 0 fully saturated rings. The SMILES string of the molecule is CN(C)S(=O)(=O)c1ccc(NCCC(N)=O)c(C(=O)O)c1. The number of hydrogen-bond donors (Lipinski definition) is 3. The predicted molar refractivity (Wildman–Crippen MR) is 76.6 cm³/mol. The van der Waals surface area contributed by atoms with Crippen molar-refractivity contribution < 1.29 is 23.1 Å². The van der Waals surface area contributed by atoms with Gasteiger partial charge in [0.25, 0.3) is 0 Å². The van der Waals surface area contributed by atoms with Gasteiger partial charge in [0.15, 0.2) is 0 Å². The fourth-order valence-electron chi connectivity index (χ4n) is 1.55. The van der Waals surface area contributed by atoms with Crippen molar-refractivity contribution in [3.8, 4) is 0 Å². The lowest BCUT2D eigenvalue weighted by Crippen LogP contribution is -2.23. The lowest BCUT2D eigenvalue weighted by molar-refractivity contribution is -0.117. The van der Waals surface area contributed by atoms with E-state index in [1.165, 1.54) is 26.2 Å². The highest BCUT2D eigenvalue weighted by atomic mass is 32.2. The number of carbonyl (C=O) groups is 2. The Morgan fingerprint density at radius 2 is 1.95 bits per heavy atom. The summed E-state index contributed by atoms with van der Waals surface area (Å²) in [5.74, 6) is -1.79. The number of rotatable bonds is 7. The van der Waals surface area contributed by atoms with Crippen molar-refractivity contribution >= 4 is 27.6 Å². The van der Waals surface area contributed by atoms with Gasteiger partial charge in [-0.2, -0.15) is 0 Å². The number of nitrogens with one attached hydrogen (secondary N) is 1. The molecule has 0 saturated heterocycles. The third-order valence-electron chi connectivity index (χ3n) is 2.69. The van der Waals surface area contributed by atoms with E-state index in [2.05, 4.69) is 5.32 Å². The first-order valence-corrected chi connectivity index (χ1v) is 7.42. The van der Waals surface area contributed by atoms with Crippen LogP contribution in [0.5, 0.6) is 0 Å². The molecule has 0 radical (unpaired) electrons. The normalized spacial score (nSPS) is 11.4. The zero-order chi connectivity index (χ0) is 16.2. The Bertz CT molecular complexity index is 655. The largest absolute Gasteiger partial charge is 0.478 e. The van der Waals surface area contributed by atoms with Crippen molar-refractivity contribution in [3.05, 3.63) is 23.8 Å². The van der Waals surface area contributed by atoms with Crippen molar-refractivity contribution in [2.75, 3.05) is 26.0 Å². The molecular formula is C12H17N3O5S. The van der Waals surface area contributed by atoms with Gasteiger partial charge in [-0.3, -0.25) is 4.79 Å². The maximum absolute atomic E-state index is 12.0. The smallest absolute Gasteiger partial charge is 0.337 e. The Hall–Kier alpha value is -2.13. The molecule has 0 saturated carbocycles. The van der Waals surface area contributed by atoms with Gasteiger partial charge in [0.05, 0.1) is 10.5 Å². The van der Waals surface area contributed by atoms with Gasteiger partial charge in [-0.05, 0) is 18.2 Å². The van der Waals surface area contributed by atoms with E-state index in [1.54, 1.807) is 0 Å². The number of hydrogen-bond acceptors (Lipinski definition) is 5. The number of amides is 1. The van der Waals surface area contributed by atoms with E-state index in [0.29, 0.717) is 0 Å². The highest BCUT2D eigenvalue weighted by Gasteiger charge is 2.20. The van der Waals surface area contributed by atoms with E-state index in [9.17, 15) is 18.0 Å². The van der Waals surface area contributed by atoms with Gasteiger partial charge < -0.3 is 16.2 Å². The molecule has 0 heterocycles. The minimum atomic E-state index is -3.72. The van der Waals surface area contributed by atoms with E-state index in [0.717, 1.165) is 10.4 Å². The molecule has 0 aromatic heterocycles. The Morgan fingerprint density at radius 1 is 1.33 bits per heavy atom. The number of carboxylic acid groups (broad SMARTS) is 1. The lowest BCUT2D eigenvalue weighted by atomic mass is 10.1. The number of benzene rings is 1. The number of sulfonamides is 1. The van der Waals surface area contributed by atoms with Crippen LogP contribution in [0, 0.1) is 0 Å². The van der Waals surface area contributed by atoms with E-state index in [4.69, 9.17) is 10.8 Å². The molecule has 0 atom stereocenters. The van der Waals surface area contributed by atoms with Crippen molar-refractivity contribution in [1.29, 1.82) is 0 Å². The number of nitrogens with two attached hydrogens (primary N) is 1. The van der Waals surface area contributed by atoms with Crippen LogP contribution in [0.25, 0.3) is 0 Å². The van der Waals surface area contributed by atoms with Crippen molar-refractivity contribution in [2.45, 2.75) is 11.3 Å². The minimum Gasteiger partial charge on any atom is -0.478 e.